The third-order valence-corrected chi connectivity index (χ3v) is 2.70. The van der Waals surface area contributed by atoms with Gasteiger partial charge in [0.2, 0.25) is 0 Å². The summed E-state index contributed by atoms with van der Waals surface area (Å²) in [7, 11) is 4.85. The van der Waals surface area contributed by atoms with Crippen LogP contribution in [0.1, 0.15) is 16.1 Å². The molecule has 0 aliphatic carbocycles. The van der Waals surface area contributed by atoms with E-state index in [-0.39, 0.29) is 12.2 Å². The van der Waals surface area contributed by atoms with Crippen molar-refractivity contribution in [2.75, 3.05) is 14.2 Å². The molecule has 0 unspecified atom stereocenters. The summed E-state index contributed by atoms with van der Waals surface area (Å²) in [6.07, 6.45) is 1.91. The summed E-state index contributed by atoms with van der Waals surface area (Å²) in [6, 6.07) is 5.10. The van der Waals surface area contributed by atoms with Gasteiger partial charge in [-0.2, -0.15) is 0 Å². The molecule has 0 saturated heterocycles. The maximum Gasteiger partial charge on any atom is 0.172 e. The van der Waals surface area contributed by atoms with Crippen LogP contribution in [0.15, 0.2) is 24.4 Å². The Morgan fingerprint density at radius 1 is 1.32 bits per heavy atom. The first-order chi connectivity index (χ1) is 9.13. The van der Waals surface area contributed by atoms with E-state index >= 15 is 0 Å². The molecule has 0 aliphatic rings. The van der Waals surface area contributed by atoms with Crippen LogP contribution in [-0.2, 0) is 13.5 Å². The van der Waals surface area contributed by atoms with Crippen molar-refractivity contribution in [3.63, 3.8) is 0 Å². The van der Waals surface area contributed by atoms with Crippen molar-refractivity contribution in [3.05, 3.63) is 35.7 Å². The van der Waals surface area contributed by atoms with Gasteiger partial charge in [-0.1, -0.05) is 5.21 Å². The van der Waals surface area contributed by atoms with Crippen LogP contribution < -0.4 is 9.47 Å². The van der Waals surface area contributed by atoms with Crippen LogP contribution in [0.5, 0.6) is 11.5 Å². The number of methoxy groups -OCH3 is 2. The number of aromatic nitrogens is 3. The number of nitrogens with zero attached hydrogens (tertiary/aromatic N) is 3. The molecule has 0 amide bonds. The van der Waals surface area contributed by atoms with E-state index in [1.807, 2.05) is 0 Å². The van der Waals surface area contributed by atoms with E-state index in [1.165, 1.54) is 7.11 Å². The Bertz CT molecular complexity index is 593. The van der Waals surface area contributed by atoms with Crippen molar-refractivity contribution in [2.24, 2.45) is 7.05 Å². The average molecular weight is 261 g/mol. The van der Waals surface area contributed by atoms with Crippen molar-refractivity contribution in [1.82, 2.24) is 15.0 Å². The molecule has 6 heteroatoms. The van der Waals surface area contributed by atoms with Gasteiger partial charge in [0.1, 0.15) is 11.5 Å². The highest BCUT2D eigenvalue weighted by Gasteiger charge is 2.15. The van der Waals surface area contributed by atoms with Gasteiger partial charge in [-0.25, -0.2) is 0 Å². The molecule has 1 heterocycles. The molecule has 100 valence electrons. The van der Waals surface area contributed by atoms with Gasteiger partial charge in [-0.05, 0) is 12.1 Å². The van der Waals surface area contributed by atoms with E-state index in [2.05, 4.69) is 10.3 Å². The Morgan fingerprint density at radius 2 is 2.11 bits per heavy atom. The van der Waals surface area contributed by atoms with Crippen molar-refractivity contribution in [2.45, 2.75) is 6.42 Å². The minimum atomic E-state index is -0.0694. The van der Waals surface area contributed by atoms with Crippen LogP contribution in [0.25, 0.3) is 0 Å². The Hall–Kier alpha value is -2.37. The van der Waals surface area contributed by atoms with E-state index < -0.39 is 0 Å². The molecular formula is C13H15N3O3. The Labute approximate surface area is 110 Å². The quantitative estimate of drug-likeness (QED) is 0.758. The minimum absolute atomic E-state index is 0.0694. The van der Waals surface area contributed by atoms with Gasteiger partial charge < -0.3 is 9.47 Å². The lowest BCUT2D eigenvalue weighted by Gasteiger charge is -2.08. The molecule has 2 rings (SSSR count). The summed E-state index contributed by atoms with van der Waals surface area (Å²) in [6.45, 7) is 0. The zero-order valence-electron chi connectivity index (χ0n) is 11.1. The fourth-order valence-corrected chi connectivity index (χ4v) is 1.76. The zero-order valence-corrected chi connectivity index (χ0v) is 11.1. The van der Waals surface area contributed by atoms with E-state index in [0.717, 1.165) is 0 Å². The highest BCUT2D eigenvalue weighted by Crippen LogP contribution is 2.25. The van der Waals surface area contributed by atoms with E-state index in [1.54, 1.807) is 43.2 Å². The molecular weight excluding hydrogens is 246 g/mol. The number of hydrogen-bond donors (Lipinski definition) is 0. The first-order valence-electron chi connectivity index (χ1n) is 5.74. The number of carbonyl (C=O) groups is 1. The molecule has 0 bridgehead atoms. The second-order valence-corrected chi connectivity index (χ2v) is 4.05. The number of aryl methyl sites for hydroxylation is 1. The first-order valence-corrected chi connectivity index (χ1v) is 5.74. The fraction of sp³-hybridized carbons (Fsp3) is 0.308. The third kappa shape index (κ3) is 2.90. The van der Waals surface area contributed by atoms with Crippen molar-refractivity contribution >= 4 is 5.78 Å². The number of benzene rings is 1. The van der Waals surface area contributed by atoms with Crippen molar-refractivity contribution < 1.29 is 14.3 Å². The van der Waals surface area contributed by atoms with Crippen molar-refractivity contribution in [1.29, 1.82) is 0 Å². The van der Waals surface area contributed by atoms with Gasteiger partial charge in [-0.15, -0.1) is 5.10 Å². The van der Waals surface area contributed by atoms with Crippen LogP contribution in [-0.4, -0.2) is 35.0 Å². The summed E-state index contributed by atoms with van der Waals surface area (Å²) in [5, 5.41) is 7.69. The van der Waals surface area contributed by atoms with E-state index in [0.29, 0.717) is 22.8 Å². The van der Waals surface area contributed by atoms with Crippen LogP contribution in [0.4, 0.5) is 0 Å². The zero-order chi connectivity index (χ0) is 13.8. The number of rotatable bonds is 5. The molecule has 1 aromatic heterocycles. The van der Waals surface area contributed by atoms with Gasteiger partial charge >= 0.3 is 0 Å². The lowest BCUT2D eigenvalue weighted by Crippen LogP contribution is -2.06. The van der Waals surface area contributed by atoms with Crippen LogP contribution in [0.3, 0.4) is 0 Å². The number of carbonyl (C=O) groups excluding carboxylic acids is 1. The molecule has 0 saturated carbocycles. The van der Waals surface area contributed by atoms with E-state index in [4.69, 9.17) is 9.47 Å². The molecule has 0 N–H and O–H groups in total. The summed E-state index contributed by atoms with van der Waals surface area (Å²) >= 11 is 0. The Kier molecular flexibility index (Phi) is 3.79. The SMILES string of the molecule is COc1ccc(C(=O)Cc2cn(C)nn2)c(OC)c1. The fourth-order valence-electron chi connectivity index (χ4n) is 1.76. The molecule has 1 aromatic carbocycles. The summed E-state index contributed by atoms with van der Waals surface area (Å²) in [5.41, 5.74) is 1.14. The monoisotopic (exact) mass is 261 g/mol. The Morgan fingerprint density at radius 3 is 2.68 bits per heavy atom. The van der Waals surface area contributed by atoms with Gasteiger partial charge in [0.25, 0.3) is 0 Å². The van der Waals surface area contributed by atoms with E-state index in [9.17, 15) is 4.79 Å². The maximum atomic E-state index is 12.2. The number of Topliss-reactive ketones (excluding diaryl/α,β-unsaturated/α-hetero) is 1. The normalized spacial score (nSPS) is 10.3. The minimum Gasteiger partial charge on any atom is -0.497 e. The number of ketones is 1. The Balaban J connectivity index is 2.23. The third-order valence-electron chi connectivity index (χ3n) is 2.70. The second kappa shape index (κ2) is 5.51. The summed E-state index contributed by atoms with van der Waals surface area (Å²) in [5.74, 6) is 1.07. The molecule has 2 aromatic rings. The smallest absolute Gasteiger partial charge is 0.172 e. The molecule has 19 heavy (non-hydrogen) atoms. The maximum absolute atomic E-state index is 12.2. The standard InChI is InChI=1S/C13H15N3O3/c1-16-8-9(14-15-16)6-12(17)11-5-4-10(18-2)7-13(11)19-3/h4-5,7-8H,6H2,1-3H3. The van der Waals surface area contributed by atoms with Gasteiger partial charge in [0, 0.05) is 19.3 Å². The second-order valence-electron chi connectivity index (χ2n) is 4.05. The molecule has 0 fully saturated rings. The highest BCUT2D eigenvalue weighted by molar-refractivity contribution is 5.99. The highest BCUT2D eigenvalue weighted by atomic mass is 16.5. The molecule has 0 aliphatic heterocycles. The predicted molar refractivity (Wildman–Crippen MR) is 68.6 cm³/mol. The van der Waals surface area contributed by atoms with Gasteiger partial charge in [0.15, 0.2) is 5.78 Å². The molecule has 0 atom stereocenters. The summed E-state index contributed by atoms with van der Waals surface area (Å²) < 4.78 is 11.9. The lowest BCUT2D eigenvalue weighted by molar-refractivity contribution is 0.0989. The molecule has 6 nitrogen and oxygen atoms in total. The van der Waals surface area contributed by atoms with Gasteiger partial charge in [0.05, 0.1) is 31.9 Å². The molecule has 0 spiro atoms. The average Bonchev–Trinajstić information content (AvgIpc) is 2.83. The first kappa shape index (κ1) is 13.1. The summed E-state index contributed by atoms with van der Waals surface area (Å²) in [4.78, 5) is 12.2. The van der Waals surface area contributed by atoms with Crippen LogP contribution in [0, 0.1) is 0 Å². The topological polar surface area (TPSA) is 66.2 Å². The van der Waals surface area contributed by atoms with Crippen LogP contribution >= 0.6 is 0 Å². The lowest BCUT2D eigenvalue weighted by atomic mass is 10.1. The predicted octanol–water partition coefficient (Wildman–Crippen LogP) is 1.26. The number of ether oxygens (including phenoxy) is 2. The largest absolute Gasteiger partial charge is 0.497 e. The van der Waals surface area contributed by atoms with Gasteiger partial charge in [-0.3, -0.25) is 9.48 Å². The van der Waals surface area contributed by atoms with Crippen molar-refractivity contribution in [3.8, 4) is 11.5 Å². The number of hydrogen-bond acceptors (Lipinski definition) is 5. The van der Waals surface area contributed by atoms with Crippen LogP contribution in [0.2, 0.25) is 0 Å². The molecule has 0 radical (unpaired) electrons.